The van der Waals surface area contributed by atoms with Crippen molar-refractivity contribution < 1.29 is 27.3 Å². The first kappa shape index (κ1) is 28.8. The summed E-state index contributed by atoms with van der Waals surface area (Å²) >= 11 is 0. The van der Waals surface area contributed by atoms with Crippen LogP contribution in [-0.4, -0.2) is 17.5 Å². The lowest BCUT2D eigenvalue weighted by Gasteiger charge is -2.14. The van der Waals surface area contributed by atoms with Gasteiger partial charge in [0.05, 0.1) is 0 Å². The van der Waals surface area contributed by atoms with Crippen LogP contribution in [0.5, 0.6) is 0 Å². The van der Waals surface area contributed by atoms with Crippen LogP contribution >= 0.6 is 0 Å². The monoisotopic (exact) mass is 419 g/mol. The fraction of sp³-hybridized carbons (Fsp3) is 0.600. The molecule has 1 rings (SSSR count). The Bertz CT molecular complexity index is 596. The number of hydrogen-bond donors (Lipinski definition) is 3. The van der Waals surface area contributed by atoms with E-state index in [0.29, 0.717) is 0 Å². The van der Waals surface area contributed by atoms with Crippen LogP contribution in [0.2, 0.25) is 0 Å². The molecule has 0 heterocycles. The zero-order valence-electron chi connectivity index (χ0n) is 17.3. The standard InChI is InChI=1S/C20H32O2.H3N.H2O4S/c1-4-6-7-8-9-10-14-17-20(5-2)22-21-18(3)19-15-12-11-13-16-19;;1-5(2,3)4/h5,11-13,15-16,18H,4,6-10,14,17H2,1-3H3;1H3;(H2,1,2,3,4). The van der Waals surface area contributed by atoms with E-state index in [1.54, 1.807) is 0 Å². The molecule has 0 amide bonds. The molecule has 0 aromatic heterocycles. The summed E-state index contributed by atoms with van der Waals surface area (Å²) in [7, 11) is -4.67. The molecule has 164 valence electrons. The highest BCUT2D eigenvalue weighted by Gasteiger charge is 2.08. The predicted molar refractivity (Wildman–Crippen MR) is 113 cm³/mol. The van der Waals surface area contributed by atoms with E-state index < -0.39 is 10.4 Å². The van der Waals surface area contributed by atoms with Crippen LogP contribution in [0.3, 0.4) is 0 Å². The summed E-state index contributed by atoms with van der Waals surface area (Å²) in [5, 5.41) is 0. The second-order valence-corrected chi connectivity index (χ2v) is 7.20. The van der Waals surface area contributed by atoms with E-state index in [0.717, 1.165) is 17.7 Å². The lowest BCUT2D eigenvalue weighted by Crippen LogP contribution is -2.01. The fourth-order valence-corrected chi connectivity index (χ4v) is 2.40. The van der Waals surface area contributed by atoms with E-state index in [4.69, 9.17) is 27.3 Å². The summed E-state index contributed by atoms with van der Waals surface area (Å²) in [5.41, 5.74) is 1.13. The maximum absolute atomic E-state index is 8.74. The van der Waals surface area contributed by atoms with E-state index in [-0.39, 0.29) is 12.3 Å². The number of allylic oxidation sites excluding steroid dienone is 2. The fourth-order valence-electron chi connectivity index (χ4n) is 2.40. The minimum Gasteiger partial charge on any atom is -0.344 e. The van der Waals surface area contributed by atoms with Crippen molar-refractivity contribution in [2.75, 3.05) is 0 Å². The Morgan fingerprint density at radius 1 is 1.04 bits per heavy atom. The van der Waals surface area contributed by atoms with Crippen molar-refractivity contribution in [2.24, 2.45) is 0 Å². The molecule has 8 heteroatoms. The van der Waals surface area contributed by atoms with Crippen LogP contribution in [-0.2, 0) is 20.2 Å². The molecule has 0 spiro atoms. The molecule has 1 aromatic carbocycles. The van der Waals surface area contributed by atoms with Gasteiger partial charge < -0.3 is 11.0 Å². The van der Waals surface area contributed by atoms with Crippen molar-refractivity contribution in [2.45, 2.75) is 78.2 Å². The number of unbranched alkanes of at least 4 members (excludes halogenated alkanes) is 6. The average Bonchev–Trinajstić information content (AvgIpc) is 2.62. The largest absolute Gasteiger partial charge is 0.394 e. The van der Waals surface area contributed by atoms with Gasteiger partial charge in [-0.25, -0.2) is 0 Å². The van der Waals surface area contributed by atoms with Gasteiger partial charge in [-0.3, -0.25) is 9.11 Å². The summed E-state index contributed by atoms with van der Waals surface area (Å²) < 4.78 is 31.6. The van der Waals surface area contributed by atoms with E-state index in [1.165, 1.54) is 44.9 Å². The van der Waals surface area contributed by atoms with Crippen LogP contribution in [0.25, 0.3) is 0 Å². The van der Waals surface area contributed by atoms with E-state index >= 15 is 0 Å². The highest BCUT2D eigenvalue weighted by Crippen LogP contribution is 2.20. The van der Waals surface area contributed by atoms with Crippen molar-refractivity contribution in [3.63, 3.8) is 0 Å². The topological polar surface area (TPSA) is 128 Å². The Morgan fingerprint density at radius 3 is 2.04 bits per heavy atom. The summed E-state index contributed by atoms with van der Waals surface area (Å²) in [5.74, 6) is 0.941. The molecule has 0 aliphatic rings. The van der Waals surface area contributed by atoms with Gasteiger partial charge in [-0.05, 0) is 31.9 Å². The molecule has 0 fully saturated rings. The van der Waals surface area contributed by atoms with Gasteiger partial charge in [0.15, 0.2) is 0 Å². The molecule has 7 nitrogen and oxygen atoms in total. The molecule has 28 heavy (non-hydrogen) atoms. The molecule has 1 atom stereocenters. The molecule has 0 saturated heterocycles. The summed E-state index contributed by atoms with van der Waals surface area (Å²) in [4.78, 5) is 11.0. The molecule has 5 N–H and O–H groups in total. The maximum Gasteiger partial charge on any atom is 0.394 e. The van der Waals surface area contributed by atoms with Crippen molar-refractivity contribution >= 4 is 10.4 Å². The smallest absolute Gasteiger partial charge is 0.344 e. The lowest BCUT2D eigenvalue weighted by atomic mass is 10.1. The second kappa shape index (κ2) is 17.6. The molecular weight excluding hydrogens is 382 g/mol. The van der Waals surface area contributed by atoms with Gasteiger partial charge in [-0.2, -0.15) is 13.3 Å². The Balaban J connectivity index is 0. The van der Waals surface area contributed by atoms with Crippen molar-refractivity contribution in [3.8, 4) is 0 Å². The van der Waals surface area contributed by atoms with Gasteiger partial charge in [0, 0.05) is 6.42 Å². The Kier molecular flexibility index (Phi) is 18.1. The zero-order chi connectivity index (χ0) is 20.5. The van der Waals surface area contributed by atoms with Crippen LogP contribution in [0.15, 0.2) is 42.2 Å². The minimum atomic E-state index is -4.67. The quantitative estimate of drug-likeness (QED) is 0.120. The summed E-state index contributed by atoms with van der Waals surface area (Å²) in [6.45, 7) is 6.27. The normalized spacial score (nSPS) is 12.4. The highest BCUT2D eigenvalue weighted by atomic mass is 32.3. The molecule has 0 saturated carbocycles. The van der Waals surface area contributed by atoms with Crippen molar-refractivity contribution in [3.05, 3.63) is 47.7 Å². The minimum absolute atomic E-state index is 0. The van der Waals surface area contributed by atoms with Crippen LogP contribution in [0.4, 0.5) is 0 Å². The zero-order valence-corrected chi connectivity index (χ0v) is 18.2. The van der Waals surface area contributed by atoms with Crippen molar-refractivity contribution in [1.29, 1.82) is 0 Å². The molecule has 0 bridgehead atoms. The Morgan fingerprint density at radius 2 is 1.54 bits per heavy atom. The van der Waals surface area contributed by atoms with Crippen molar-refractivity contribution in [1.82, 2.24) is 6.15 Å². The number of rotatable bonds is 12. The van der Waals surface area contributed by atoms with Gasteiger partial charge in [-0.15, -0.1) is 0 Å². The maximum atomic E-state index is 8.74. The predicted octanol–water partition coefficient (Wildman–Crippen LogP) is 6.25. The Hall–Kier alpha value is -1.45. The first-order valence-electron chi connectivity index (χ1n) is 9.51. The van der Waals surface area contributed by atoms with Crippen LogP contribution in [0.1, 0.15) is 83.8 Å². The molecular formula is C20H37NO6S. The number of benzene rings is 1. The van der Waals surface area contributed by atoms with Gasteiger partial charge in [0.2, 0.25) is 0 Å². The van der Waals surface area contributed by atoms with Gasteiger partial charge in [0.1, 0.15) is 11.9 Å². The van der Waals surface area contributed by atoms with Crippen LogP contribution in [0, 0.1) is 0 Å². The lowest BCUT2D eigenvalue weighted by molar-refractivity contribution is -0.295. The first-order valence-corrected chi connectivity index (χ1v) is 10.9. The first-order chi connectivity index (χ1) is 12.8. The van der Waals surface area contributed by atoms with E-state index in [2.05, 4.69) is 19.1 Å². The highest BCUT2D eigenvalue weighted by molar-refractivity contribution is 7.79. The third-order valence-corrected chi connectivity index (χ3v) is 3.92. The SMILES string of the molecule is CC=C(CCCCCCCCC)OOC(C)c1ccccc1.N.O=S(=O)(O)O. The van der Waals surface area contributed by atoms with E-state index in [1.807, 2.05) is 38.1 Å². The summed E-state index contributed by atoms with van der Waals surface area (Å²) in [6, 6.07) is 10.2. The van der Waals surface area contributed by atoms with Crippen LogP contribution < -0.4 is 6.15 Å². The molecule has 1 aromatic rings. The summed E-state index contributed by atoms with van der Waals surface area (Å²) in [6.07, 6.45) is 12.1. The third-order valence-electron chi connectivity index (χ3n) is 3.92. The number of hydrogen-bond acceptors (Lipinski definition) is 5. The molecule has 0 aliphatic carbocycles. The second-order valence-electron chi connectivity index (χ2n) is 6.31. The molecule has 0 aliphatic heterocycles. The third kappa shape index (κ3) is 19.3. The Labute approximate surface area is 170 Å². The molecule has 1 unspecified atom stereocenters. The molecule has 0 radical (unpaired) electrons. The van der Waals surface area contributed by atoms with Gasteiger partial charge >= 0.3 is 10.4 Å². The van der Waals surface area contributed by atoms with Gasteiger partial charge in [-0.1, -0.05) is 75.8 Å². The van der Waals surface area contributed by atoms with Gasteiger partial charge in [0.25, 0.3) is 0 Å². The average molecular weight is 420 g/mol. The van der Waals surface area contributed by atoms with E-state index in [9.17, 15) is 0 Å².